The van der Waals surface area contributed by atoms with Crippen molar-refractivity contribution in [1.82, 2.24) is 0 Å². The van der Waals surface area contributed by atoms with Gasteiger partial charge < -0.3 is 24.8 Å². The molecule has 0 atom stereocenters. The Bertz CT molecular complexity index is 1100. The van der Waals surface area contributed by atoms with Crippen molar-refractivity contribution in [3.05, 3.63) is 88.0 Å². The third kappa shape index (κ3) is 10.9. The first-order valence-corrected chi connectivity index (χ1v) is 19.0. The number of rotatable bonds is 0. The zero-order chi connectivity index (χ0) is 26.8. The van der Waals surface area contributed by atoms with Crippen molar-refractivity contribution in [1.29, 1.82) is 0 Å². The average molecular weight is 633 g/mol. The zero-order valence-corrected chi connectivity index (χ0v) is 30.1. The van der Waals surface area contributed by atoms with E-state index in [2.05, 4.69) is 137 Å². The fraction of sp³-hybridized carbons (Fsp3) is 0.485. The summed E-state index contributed by atoms with van der Waals surface area (Å²) >= 11 is 1.74. The van der Waals surface area contributed by atoms with E-state index in [1.807, 2.05) is 0 Å². The van der Waals surface area contributed by atoms with Gasteiger partial charge in [0.2, 0.25) is 0 Å². The largest absolute Gasteiger partial charge is 1.00 e. The van der Waals surface area contributed by atoms with E-state index in [1.165, 1.54) is 44.5 Å². The van der Waals surface area contributed by atoms with E-state index in [9.17, 15) is 0 Å². The molecule has 0 aromatic heterocycles. The van der Waals surface area contributed by atoms with E-state index in [0.717, 1.165) is 6.42 Å². The van der Waals surface area contributed by atoms with Gasteiger partial charge in [-0.25, -0.2) is 6.07 Å². The van der Waals surface area contributed by atoms with Crippen molar-refractivity contribution in [2.45, 2.75) is 105 Å². The molecule has 1 aliphatic rings. The number of aryl methyl sites for hydroxylation is 1. The molecular weight excluding hydrogens is 587 g/mol. The van der Waals surface area contributed by atoms with Crippen molar-refractivity contribution in [2.75, 3.05) is 0 Å². The first-order chi connectivity index (χ1) is 15.9. The second-order valence-corrected chi connectivity index (χ2v) is 22.6. The Hall–Kier alpha value is -0.530. The van der Waals surface area contributed by atoms with Crippen LogP contribution in [0.4, 0.5) is 0 Å². The fourth-order valence-corrected chi connectivity index (χ4v) is 4.01. The van der Waals surface area contributed by atoms with Crippen LogP contribution < -0.4 is 24.8 Å². The van der Waals surface area contributed by atoms with E-state index in [1.54, 1.807) is 23.3 Å². The minimum absolute atomic E-state index is 0. The van der Waals surface area contributed by atoms with Gasteiger partial charge in [0, 0.05) is 0 Å². The monoisotopic (exact) mass is 630 g/mol. The van der Waals surface area contributed by atoms with Gasteiger partial charge in [-0.3, -0.25) is 0 Å². The molecule has 3 aromatic rings. The molecule has 0 amide bonds. The van der Waals surface area contributed by atoms with Crippen LogP contribution in [0.5, 0.6) is 0 Å². The summed E-state index contributed by atoms with van der Waals surface area (Å²) < 4.78 is 0. The number of fused-ring (bicyclic) bond motifs is 3. The predicted octanol–water partition coefficient (Wildman–Crippen LogP) is 3.46. The van der Waals surface area contributed by atoms with Crippen molar-refractivity contribution in [3.8, 4) is 11.1 Å². The first-order valence-electron chi connectivity index (χ1n) is 12.8. The maximum Gasteiger partial charge on any atom is -0.0635 e. The molecule has 0 N–H and O–H groups in total. The molecule has 0 saturated carbocycles. The fourth-order valence-electron chi connectivity index (χ4n) is 4.01. The summed E-state index contributed by atoms with van der Waals surface area (Å²) in [6.45, 7) is 27.1. The van der Waals surface area contributed by atoms with Gasteiger partial charge in [0.1, 0.15) is 0 Å². The van der Waals surface area contributed by atoms with Gasteiger partial charge in [-0.1, -0.05) is 109 Å². The molecular formula is C33H46Cl2SiZr-2. The molecule has 0 aliphatic heterocycles. The summed E-state index contributed by atoms with van der Waals surface area (Å²) in [5.74, 6) is 0. The Balaban J connectivity index is 0.000000684. The SMILES string of the molecule is CC(C)(C)c1c[c-]c2c(c1)-c1cc(C(C)(C)C)ccc1C2.C[Si](C)=[Zr+2].Cc1cc(C(C)(C)C)c[cH-]1.[Cl-].[Cl-]. The Morgan fingerprint density at radius 1 is 0.757 bits per heavy atom. The summed E-state index contributed by atoms with van der Waals surface area (Å²) in [6.07, 6.45) is 1.03. The van der Waals surface area contributed by atoms with Crippen LogP contribution in [0, 0.1) is 13.0 Å². The van der Waals surface area contributed by atoms with Gasteiger partial charge in [0.25, 0.3) is 0 Å². The Kier molecular flexibility index (Phi) is 14.0. The summed E-state index contributed by atoms with van der Waals surface area (Å²) in [6, 6.07) is 21.7. The van der Waals surface area contributed by atoms with Gasteiger partial charge in [-0.05, 0) is 17.4 Å². The summed E-state index contributed by atoms with van der Waals surface area (Å²) in [5, 5.41) is 0. The molecule has 0 heterocycles. The van der Waals surface area contributed by atoms with Gasteiger partial charge in [-0.15, -0.1) is 5.56 Å². The van der Waals surface area contributed by atoms with Crippen LogP contribution in [-0.2, 0) is 46.0 Å². The topological polar surface area (TPSA) is 0 Å². The number of hydrogen-bond acceptors (Lipinski definition) is 0. The molecule has 3 aromatic carbocycles. The van der Waals surface area contributed by atoms with Gasteiger partial charge in [0.15, 0.2) is 0 Å². The molecule has 0 unspecified atom stereocenters. The van der Waals surface area contributed by atoms with Crippen molar-refractivity contribution in [3.63, 3.8) is 0 Å². The van der Waals surface area contributed by atoms with E-state index in [0.29, 0.717) is 5.41 Å². The van der Waals surface area contributed by atoms with E-state index >= 15 is 0 Å². The van der Waals surface area contributed by atoms with Crippen LogP contribution in [0.1, 0.15) is 95.7 Å². The Labute approximate surface area is 256 Å². The average Bonchev–Trinajstić information content (AvgIpc) is 3.29. The molecule has 202 valence electrons. The Morgan fingerprint density at radius 2 is 1.24 bits per heavy atom. The standard InChI is InChI=1S/C21H25.C10H15.C2H6Si.2ClH.Zr/c1-20(2,3)16-9-7-14-11-15-8-10-17(21(4,5)6)13-19(15)18(14)12-16;1-8-5-6-9(7-8)10(2,3)4;1-3-2;;;/h7,9-10,12-13H,11H2,1-6H3;5-7H,1-4H3;1-2H3;2*1H;/q2*-1;;;;+2/p-2. The van der Waals surface area contributed by atoms with Gasteiger partial charge >= 0.3 is 41.9 Å². The van der Waals surface area contributed by atoms with Crippen molar-refractivity contribution >= 4 is 5.43 Å². The molecule has 1 aliphatic carbocycles. The first kappa shape index (κ1) is 36.5. The van der Waals surface area contributed by atoms with Crippen LogP contribution in [-0.4, -0.2) is 5.43 Å². The van der Waals surface area contributed by atoms with E-state index in [4.69, 9.17) is 0 Å². The van der Waals surface area contributed by atoms with Crippen LogP contribution >= 0.6 is 0 Å². The molecule has 37 heavy (non-hydrogen) atoms. The zero-order valence-electron chi connectivity index (χ0n) is 25.1. The second kappa shape index (κ2) is 14.2. The van der Waals surface area contributed by atoms with Crippen LogP contribution in [0.25, 0.3) is 11.1 Å². The van der Waals surface area contributed by atoms with Crippen molar-refractivity contribution < 1.29 is 48.1 Å². The summed E-state index contributed by atoms with van der Waals surface area (Å²) in [4.78, 5) is 0. The summed E-state index contributed by atoms with van der Waals surface area (Å²) in [7, 11) is 0. The number of benzene rings is 2. The quantitative estimate of drug-likeness (QED) is 0.206. The van der Waals surface area contributed by atoms with E-state index in [-0.39, 0.29) is 41.1 Å². The second-order valence-electron chi connectivity index (χ2n) is 13.3. The molecule has 0 spiro atoms. The van der Waals surface area contributed by atoms with Gasteiger partial charge in [-0.2, -0.15) is 52.6 Å². The molecule has 0 bridgehead atoms. The maximum atomic E-state index is 3.53. The normalized spacial score (nSPS) is 11.9. The summed E-state index contributed by atoms with van der Waals surface area (Å²) in [5.41, 5.74) is 12.1. The molecule has 4 heteroatoms. The third-order valence-corrected chi connectivity index (χ3v) is 6.30. The maximum absolute atomic E-state index is 3.53. The van der Waals surface area contributed by atoms with E-state index < -0.39 is 0 Å². The van der Waals surface area contributed by atoms with Crippen LogP contribution in [0.15, 0.2) is 48.5 Å². The van der Waals surface area contributed by atoms with Gasteiger partial charge in [0.05, 0.1) is 0 Å². The molecule has 0 radical (unpaired) electrons. The number of hydrogen-bond donors (Lipinski definition) is 0. The van der Waals surface area contributed by atoms with Crippen LogP contribution in [0.3, 0.4) is 0 Å². The molecule has 4 rings (SSSR count). The number of halogens is 2. The Morgan fingerprint density at radius 3 is 1.65 bits per heavy atom. The smallest absolute Gasteiger partial charge is 0.0635 e. The minimum atomic E-state index is 0. The minimum Gasteiger partial charge on any atom is -1.00 e. The molecule has 0 saturated heterocycles. The third-order valence-electron chi connectivity index (χ3n) is 6.30. The van der Waals surface area contributed by atoms with Crippen molar-refractivity contribution in [2.24, 2.45) is 0 Å². The predicted molar refractivity (Wildman–Crippen MR) is 154 cm³/mol. The molecule has 0 nitrogen and oxygen atoms in total. The van der Waals surface area contributed by atoms with Crippen LogP contribution in [0.2, 0.25) is 13.1 Å². The molecule has 0 fully saturated rings.